The number of anilines is 1. The summed E-state index contributed by atoms with van der Waals surface area (Å²) >= 11 is 2.05. The van der Waals surface area contributed by atoms with Gasteiger partial charge in [0.2, 0.25) is 5.76 Å². The highest BCUT2D eigenvalue weighted by Crippen LogP contribution is 2.34. The summed E-state index contributed by atoms with van der Waals surface area (Å²) in [7, 11) is 0. The van der Waals surface area contributed by atoms with Crippen molar-refractivity contribution in [3.8, 4) is 0 Å². The molecule has 0 aliphatic heterocycles. The molecular formula is C18H19FIN3O4. The SMILES string of the molecule is CC(C)(CO)ONC(=O)c1oc2ccncc2c1NC1CC=C(I)C=C1F. The molecule has 0 saturated carbocycles. The number of nitrogens with one attached hydrogen (secondary N) is 2. The van der Waals surface area contributed by atoms with E-state index in [9.17, 15) is 14.3 Å². The Kier molecular flexibility index (Phi) is 5.82. The fraction of sp³-hybridized carbons (Fsp3) is 0.333. The van der Waals surface area contributed by atoms with Gasteiger partial charge in [0, 0.05) is 16.0 Å². The van der Waals surface area contributed by atoms with Gasteiger partial charge in [-0.3, -0.25) is 14.6 Å². The molecule has 1 atom stereocenters. The van der Waals surface area contributed by atoms with Crippen LogP contribution in [0.3, 0.4) is 0 Å². The van der Waals surface area contributed by atoms with Crippen molar-refractivity contribution in [1.82, 2.24) is 10.5 Å². The molecule has 27 heavy (non-hydrogen) atoms. The van der Waals surface area contributed by atoms with Gasteiger partial charge in [-0.1, -0.05) is 6.08 Å². The Bertz CT molecular complexity index is 922. The minimum absolute atomic E-state index is 0.0520. The van der Waals surface area contributed by atoms with Crippen molar-refractivity contribution < 1.29 is 23.5 Å². The molecule has 2 aromatic rings. The molecule has 0 fully saturated rings. The summed E-state index contributed by atoms with van der Waals surface area (Å²) in [6, 6.07) is 0.997. The lowest BCUT2D eigenvalue weighted by atomic mass is 10.1. The van der Waals surface area contributed by atoms with Crippen LogP contribution in [0.2, 0.25) is 0 Å². The van der Waals surface area contributed by atoms with Gasteiger partial charge in [-0.15, -0.1) is 0 Å². The van der Waals surface area contributed by atoms with E-state index in [-0.39, 0.29) is 18.2 Å². The molecule has 1 unspecified atom stereocenters. The first-order valence-electron chi connectivity index (χ1n) is 8.26. The van der Waals surface area contributed by atoms with Gasteiger partial charge in [0.25, 0.3) is 0 Å². The number of aliphatic hydroxyl groups excluding tert-OH is 1. The molecule has 3 N–H and O–H groups in total. The zero-order valence-corrected chi connectivity index (χ0v) is 16.9. The fourth-order valence-electron chi connectivity index (χ4n) is 2.44. The van der Waals surface area contributed by atoms with Gasteiger partial charge in [-0.2, -0.15) is 0 Å². The zero-order valence-electron chi connectivity index (χ0n) is 14.8. The fourth-order valence-corrected chi connectivity index (χ4v) is 3.00. The van der Waals surface area contributed by atoms with E-state index in [0.29, 0.717) is 23.1 Å². The second kappa shape index (κ2) is 7.95. The molecule has 0 spiro atoms. The first-order valence-corrected chi connectivity index (χ1v) is 9.33. The number of aromatic nitrogens is 1. The normalized spacial score (nSPS) is 17.4. The van der Waals surface area contributed by atoms with Crippen LogP contribution in [0.5, 0.6) is 0 Å². The van der Waals surface area contributed by atoms with E-state index < -0.39 is 17.6 Å². The molecule has 7 nitrogen and oxygen atoms in total. The van der Waals surface area contributed by atoms with Gasteiger partial charge < -0.3 is 14.8 Å². The number of carbonyl (C=O) groups is 1. The van der Waals surface area contributed by atoms with E-state index in [1.807, 2.05) is 6.08 Å². The highest BCUT2D eigenvalue weighted by molar-refractivity contribution is 14.1. The second-order valence-corrected chi connectivity index (χ2v) is 7.93. The summed E-state index contributed by atoms with van der Waals surface area (Å²) < 4.78 is 20.8. The number of rotatable bonds is 6. The van der Waals surface area contributed by atoms with E-state index in [2.05, 4.69) is 38.4 Å². The summed E-state index contributed by atoms with van der Waals surface area (Å²) in [5.41, 5.74) is 2.08. The number of amides is 1. The lowest BCUT2D eigenvalue weighted by Crippen LogP contribution is -2.38. The van der Waals surface area contributed by atoms with Gasteiger partial charge in [0.05, 0.1) is 23.7 Å². The second-order valence-electron chi connectivity index (χ2n) is 6.68. The van der Waals surface area contributed by atoms with Crippen LogP contribution in [-0.4, -0.2) is 34.2 Å². The maximum atomic E-state index is 14.3. The molecule has 1 aliphatic carbocycles. The van der Waals surface area contributed by atoms with Crippen molar-refractivity contribution in [3.63, 3.8) is 0 Å². The monoisotopic (exact) mass is 487 g/mol. The van der Waals surface area contributed by atoms with Gasteiger partial charge in [0.15, 0.2) is 0 Å². The quantitative estimate of drug-likeness (QED) is 0.426. The van der Waals surface area contributed by atoms with Crippen LogP contribution in [0, 0.1) is 0 Å². The standard InChI is InChI=1S/C18H19FIN3O4/c1-18(2,9-24)27-23-17(25)16-15(11-8-21-6-5-14(11)26-16)22-13-4-3-10(20)7-12(13)19/h3,5-8,13,22,24H,4,9H2,1-2H3,(H,23,25). The summed E-state index contributed by atoms with van der Waals surface area (Å²) in [5.74, 6) is -1.03. The maximum absolute atomic E-state index is 14.3. The molecule has 144 valence electrons. The first kappa shape index (κ1) is 19.8. The molecule has 0 radical (unpaired) electrons. The van der Waals surface area contributed by atoms with Crippen LogP contribution >= 0.6 is 22.6 Å². The number of halogens is 2. The van der Waals surface area contributed by atoms with E-state index in [4.69, 9.17) is 9.25 Å². The number of hydroxylamine groups is 1. The van der Waals surface area contributed by atoms with Gasteiger partial charge >= 0.3 is 5.91 Å². The van der Waals surface area contributed by atoms with E-state index in [0.717, 1.165) is 3.58 Å². The highest BCUT2D eigenvalue weighted by atomic mass is 127. The predicted molar refractivity (Wildman–Crippen MR) is 107 cm³/mol. The Labute approximate surface area is 168 Å². The summed E-state index contributed by atoms with van der Waals surface area (Å²) in [5, 5.41) is 12.8. The minimum atomic E-state index is -0.962. The van der Waals surface area contributed by atoms with E-state index in [1.54, 1.807) is 26.1 Å². The summed E-state index contributed by atoms with van der Waals surface area (Å²) in [4.78, 5) is 21.9. The molecule has 0 aromatic carbocycles. The third kappa shape index (κ3) is 4.47. The Hall–Kier alpha value is -1.98. The number of furan rings is 1. The Morgan fingerprint density at radius 3 is 3.04 bits per heavy atom. The topological polar surface area (TPSA) is 96.6 Å². The zero-order chi connectivity index (χ0) is 19.6. The summed E-state index contributed by atoms with van der Waals surface area (Å²) in [6.07, 6.45) is 6.85. The molecular weight excluding hydrogens is 468 g/mol. The van der Waals surface area contributed by atoms with Crippen molar-refractivity contribution in [1.29, 1.82) is 0 Å². The number of hydrogen-bond acceptors (Lipinski definition) is 6. The maximum Gasteiger partial charge on any atom is 0.312 e. The smallest absolute Gasteiger partial charge is 0.312 e. The largest absolute Gasteiger partial charge is 0.448 e. The van der Waals surface area contributed by atoms with Crippen molar-refractivity contribution >= 4 is 45.2 Å². The Balaban J connectivity index is 1.90. The molecule has 3 rings (SSSR count). The number of allylic oxidation sites excluding steroid dienone is 2. The average molecular weight is 487 g/mol. The van der Waals surface area contributed by atoms with Gasteiger partial charge in [-0.25, -0.2) is 9.87 Å². The van der Waals surface area contributed by atoms with Crippen LogP contribution in [0.15, 0.2) is 44.4 Å². The molecule has 1 amide bonds. The lowest BCUT2D eigenvalue weighted by Gasteiger charge is -2.22. The average Bonchev–Trinajstić information content (AvgIpc) is 3.01. The van der Waals surface area contributed by atoms with E-state index >= 15 is 0 Å². The van der Waals surface area contributed by atoms with Gasteiger partial charge in [0.1, 0.15) is 17.0 Å². The highest BCUT2D eigenvalue weighted by Gasteiger charge is 2.27. The third-order valence-corrected chi connectivity index (χ3v) is 4.72. The lowest BCUT2D eigenvalue weighted by molar-refractivity contribution is -0.0961. The Morgan fingerprint density at radius 2 is 2.33 bits per heavy atom. The number of hydrogen-bond donors (Lipinski definition) is 3. The number of carbonyl (C=O) groups excluding carboxylic acids is 1. The number of fused-ring (bicyclic) bond motifs is 1. The summed E-state index contributed by atoms with van der Waals surface area (Å²) in [6.45, 7) is 2.95. The molecule has 2 aromatic heterocycles. The minimum Gasteiger partial charge on any atom is -0.448 e. The molecule has 0 bridgehead atoms. The van der Waals surface area contributed by atoms with Crippen molar-refractivity contribution in [2.75, 3.05) is 11.9 Å². The van der Waals surface area contributed by atoms with Crippen LogP contribution in [0.4, 0.5) is 10.1 Å². The molecule has 1 aliphatic rings. The Morgan fingerprint density at radius 1 is 1.56 bits per heavy atom. The van der Waals surface area contributed by atoms with Crippen LogP contribution in [-0.2, 0) is 4.84 Å². The molecule has 9 heteroatoms. The predicted octanol–water partition coefficient (Wildman–Crippen LogP) is 3.62. The first-order chi connectivity index (χ1) is 12.8. The van der Waals surface area contributed by atoms with Crippen LogP contribution in [0.1, 0.15) is 30.8 Å². The van der Waals surface area contributed by atoms with Crippen molar-refractivity contribution in [3.05, 3.63) is 45.8 Å². The van der Waals surface area contributed by atoms with Crippen molar-refractivity contribution in [2.24, 2.45) is 0 Å². The molecule has 2 heterocycles. The van der Waals surface area contributed by atoms with Crippen molar-refractivity contribution in [2.45, 2.75) is 31.9 Å². The van der Waals surface area contributed by atoms with Gasteiger partial charge in [-0.05, 0) is 55.0 Å². The third-order valence-electron chi connectivity index (χ3n) is 3.97. The number of pyridine rings is 1. The number of nitrogens with zero attached hydrogens (tertiary/aromatic N) is 1. The molecule has 0 saturated heterocycles. The number of aliphatic hydroxyl groups is 1. The van der Waals surface area contributed by atoms with Crippen LogP contribution < -0.4 is 10.8 Å². The van der Waals surface area contributed by atoms with Crippen LogP contribution in [0.25, 0.3) is 11.0 Å². The van der Waals surface area contributed by atoms with E-state index in [1.165, 1.54) is 12.3 Å².